The van der Waals surface area contributed by atoms with E-state index in [9.17, 15) is 13.2 Å². The van der Waals surface area contributed by atoms with Crippen LogP contribution in [0.2, 0.25) is 0 Å². The summed E-state index contributed by atoms with van der Waals surface area (Å²) in [5, 5.41) is 4.51. The number of fused-ring (bicyclic) bond motifs is 1. The van der Waals surface area contributed by atoms with Crippen LogP contribution < -0.4 is 10.7 Å². The molecule has 0 bridgehead atoms. The number of rotatable bonds is 4. The van der Waals surface area contributed by atoms with Crippen LogP contribution >= 0.6 is 0 Å². The summed E-state index contributed by atoms with van der Waals surface area (Å²) in [6, 6.07) is 8.34. The topological polar surface area (TPSA) is 119 Å². The van der Waals surface area contributed by atoms with Gasteiger partial charge in [0.05, 0.1) is 16.1 Å². The predicted molar refractivity (Wildman–Crippen MR) is 126 cm³/mol. The van der Waals surface area contributed by atoms with Crippen molar-refractivity contribution in [3.05, 3.63) is 58.1 Å². The fourth-order valence-electron chi connectivity index (χ4n) is 4.24. The Morgan fingerprint density at radius 2 is 1.65 bits per heavy atom. The Bertz CT molecular complexity index is 1560. The van der Waals surface area contributed by atoms with E-state index in [1.165, 1.54) is 27.1 Å². The molecule has 0 atom stereocenters. The van der Waals surface area contributed by atoms with E-state index in [-0.39, 0.29) is 4.90 Å². The molecule has 1 aliphatic heterocycles. The molecule has 5 rings (SSSR count). The molecule has 34 heavy (non-hydrogen) atoms. The highest BCUT2D eigenvalue weighted by Gasteiger charge is 2.30. The molecular formula is C22H25N7O4S. The summed E-state index contributed by atoms with van der Waals surface area (Å²) < 4.78 is 36.2. The number of nitrogens with zero attached hydrogens (tertiary/aromatic N) is 7. The first-order valence-corrected chi connectivity index (χ1v) is 12.3. The number of aromatic nitrogens is 5. The van der Waals surface area contributed by atoms with Crippen LogP contribution in [0.15, 0.2) is 44.4 Å². The van der Waals surface area contributed by atoms with Crippen molar-refractivity contribution in [2.24, 2.45) is 7.05 Å². The second kappa shape index (κ2) is 8.06. The molecule has 12 heteroatoms. The van der Waals surface area contributed by atoms with Crippen LogP contribution in [0, 0.1) is 20.8 Å². The highest BCUT2D eigenvalue weighted by molar-refractivity contribution is 7.89. The van der Waals surface area contributed by atoms with Gasteiger partial charge in [0.25, 0.3) is 0 Å². The number of anilines is 1. The molecule has 0 N–H and O–H groups in total. The lowest BCUT2D eigenvalue weighted by molar-refractivity contribution is 0.383. The Kier molecular flexibility index (Phi) is 5.29. The minimum atomic E-state index is -3.73. The van der Waals surface area contributed by atoms with Gasteiger partial charge in [0.1, 0.15) is 11.6 Å². The summed E-state index contributed by atoms with van der Waals surface area (Å²) in [7, 11) is -2.18. The maximum atomic E-state index is 13.3. The Morgan fingerprint density at radius 3 is 2.32 bits per heavy atom. The normalized spacial score (nSPS) is 15.4. The number of benzene rings is 1. The molecule has 1 saturated heterocycles. The number of piperazine rings is 1. The second-order valence-electron chi connectivity index (χ2n) is 8.42. The third-order valence-electron chi connectivity index (χ3n) is 6.00. The molecule has 0 spiro atoms. The molecule has 0 unspecified atom stereocenters. The smallest absolute Gasteiger partial charge is 0.408 e. The molecule has 0 radical (unpaired) electrons. The average molecular weight is 484 g/mol. The molecule has 11 nitrogen and oxygen atoms in total. The van der Waals surface area contributed by atoms with Crippen LogP contribution in [0.1, 0.15) is 17.2 Å². The van der Waals surface area contributed by atoms with Gasteiger partial charge in [0.2, 0.25) is 10.0 Å². The van der Waals surface area contributed by atoms with E-state index in [0.717, 1.165) is 17.2 Å². The fourth-order valence-corrected chi connectivity index (χ4v) is 5.68. The summed E-state index contributed by atoms with van der Waals surface area (Å²) in [5.41, 5.74) is 2.68. The zero-order chi connectivity index (χ0) is 24.2. The van der Waals surface area contributed by atoms with E-state index in [2.05, 4.69) is 20.0 Å². The number of hydrogen-bond acceptors (Lipinski definition) is 8. The van der Waals surface area contributed by atoms with Crippen LogP contribution in [-0.2, 0) is 17.1 Å². The van der Waals surface area contributed by atoms with Crippen LogP contribution in [0.25, 0.3) is 16.9 Å². The first-order chi connectivity index (χ1) is 16.1. The van der Waals surface area contributed by atoms with Gasteiger partial charge in [-0.05, 0) is 45.0 Å². The standard InChI is InChI=1S/C22H25N7O4S/c1-14-11-15(2)29(25-14)21-13-20(23-16(3)24-21)27-7-9-28(10-8-27)34(31,32)17-5-6-19-18(12-17)26(4)22(30)33-19/h5-6,11-13H,7-10H2,1-4H3. The van der Waals surface area contributed by atoms with Crippen molar-refractivity contribution in [2.45, 2.75) is 25.7 Å². The van der Waals surface area contributed by atoms with Gasteiger partial charge in [-0.2, -0.15) is 9.40 Å². The zero-order valence-corrected chi connectivity index (χ0v) is 20.2. The maximum absolute atomic E-state index is 13.3. The minimum absolute atomic E-state index is 0.134. The quantitative estimate of drug-likeness (QED) is 0.429. The molecule has 1 fully saturated rings. The van der Waals surface area contributed by atoms with Crippen molar-refractivity contribution in [3.8, 4) is 5.82 Å². The molecule has 0 saturated carbocycles. The lowest BCUT2D eigenvalue weighted by Gasteiger charge is -2.34. The second-order valence-corrected chi connectivity index (χ2v) is 10.4. The highest BCUT2D eigenvalue weighted by Crippen LogP contribution is 2.24. The fraction of sp³-hybridized carbons (Fsp3) is 0.364. The Hall–Kier alpha value is -3.51. The highest BCUT2D eigenvalue weighted by atomic mass is 32.2. The van der Waals surface area contributed by atoms with Crippen LogP contribution in [-0.4, -0.2) is 63.2 Å². The van der Waals surface area contributed by atoms with Gasteiger partial charge in [0, 0.05) is 45.0 Å². The third-order valence-corrected chi connectivity index (χ3v) is 7.90. The first kappa shape index (κ1) is 22.3. The van der Waals surface area contributed by atoms with E-state index < -0.39 is 15.8 Å². The largest absolute Gasteiger partial charge is 0.419 e. The summed E-state index contributed by atoms with van der Waals surface area (Å²) in [5.74, 6) is 1.51. The molecule has 4 aromatic rings. The average Bonchev–Trinajstić information content (AvgIpc) is 3.30. The molecular weight excluding hydrogens is 458 g/mol. The monoisotopic (exact) mass is 483 g/mol. The number of hydrogen-bond donors (Lipinski definition) is 0. The van der Waals surface area contributed by atoms with Crippen LogP contribution in [0.3, 0.4) is 0 Å². The van der Waals surface area contributed by atoms with Crippen molar-refractivity contribution in [2.75, 3.05) is 31.1 Å². The maximum Gasteiger partial charge on any atom is 0.419 e. The number of oxazole rings is 1. The van der Waals surface area contributed by atoms with Crippen molar-refractivity contribution in [1.29, 1.82) is 0 Å². The van der Waals surface area contributed by atoms with E-state index in [4.69, 9.17) is 4.42 Å². The molecule has 1 aliphatic rings. The van der Waals surface area contributed by atoms with E-state index in [1.807, 2.05) is 32.9 Å². The number of aryl methyl sites for hydroxylation is 4. The van der Waals surface area contributed by atoms with Gasteiger partial charge in [-0.1, -0.05) is 0 Å². The lowest BCUT2D eigenvalue weighted by Crippen LogP contribution is -2.49. The van der Waals surface area contributed by atoms with Crippen molar-refractivity contribution in [3.63, 3.8) is 0 Å². The van der Waals surface area contributed by atoms with Crippen molar-refractivity contribution in [1.82, 2.24) is 28.6 Å². The Labute approximate surface area is 196 Å². The predicted octanol–water partition coefficient (Wildman–Crippen LogP) is 1.54. The lowest BCUT2D eigenvalue weighted by atomic mass is 10.3. The van der Waals surface area contributed by atoms with Crippen molar-refractivity contribution < 1.29 is 12.8 Å². The SMILES string of the molecule is Cc1cc(C)n(-c2cc(N3CCN(S(=O)(=O)c4ccc5oc(=O)n(C)c5c4)CC3)nc(C)n2)n1. The van der Waals surface area contributed by atoms with Gasteiger partial charge < -0.3 is 9.32 Å². The first-order valence-electron chi connectivity index (χ1n) is 10.9. The van der Waals surface area contributed by atoms with Gasteiger partial charge in [-0.25, -0.2) is 27.9 Å². The summed E-state index contributed by atoms with van der Waals surface area (Å²) in [6.45, 7) is 7.32. The molecule has 1 aromatic carbocycles. The Balaban J connectivity index is 1.37. The summed E-state index contributed by atoms with van der Waals surface area (Å²) in [4.78, 5) is 23.0. The molecule has 0 amide bonds. The van der Waals surface area contributed by atoms with Gasteiger partial charge in [-0.15, -0.1) is 0 Å². The Morgan fingerprint density at radius 1 is 0.941 bits per heavy atom. The van der Waals surface area contributed by atoms with Crippen LogP contribution in [0.4, 0.5) is 5.82 Å². The van der Waals surface area contributed by atoms with Crippen LogP contribution in [0.5, 0.6) is 0 Å². The van der Waals surface area contributed by atoms with Gasteiger partial charge in [-0.3, -0.25) is 4.57 Å². The molecule has 0 aliphatic carbocycles. The summed E-state index contributed by atoms with van der Waals surface area (Å²) >= 11 is 0. The minimum Gasteiger partial charge on any atom is -0.408 e. The van der Waals surface area contributed by atoms with Gasteiger partial charge in [0.15, 0.2) is 11.4 Å². The molecule has 178 valence electrons. The van der Waals surface area contributed by atoms with Crippen molar-refractivity contribution >= 4 is 26.9 Å². The number of sulfonamides is 1. The van der Waals surface area contributed by atoms with Gasteiger partial charge >= 0.3 is 5.76 Å². The van der Waals surface area contributed by atoms with E-state index in [1.54, 1.807) is 11.7 Å². The third kappa shape index (κ3) is 3.78. The zero-order valence-electron chi connectivity index (χ0n) is 19.4. The molecule has 4 heterocycles. The van der Waals surface area contributed by atoms with E-state index >= 15 is 0 Å². The summed E-state index contributed by atoms with van der Waals surface area (Å²) in [6.07, 6.45) is 0. The molecule has 3 aromatic heterocycles. The van der Waals surface area contributed by atoms with E-state index in [0.29, 0.717) is 48.9 Å².